The lowest BCUT2D eigenvalue weighted by atomic mass is 10.1. The summed E-state index contributed by atoms with van der Waals surface area (Å²) in [4.78, 5) is 26.3. The molecule has 2 aromatic rings. The van der Waals surface area contributed by atoms with Crippen molar-refractivity contribution in [2.75, 3.05) is 43.4 Å². The Labute approximate surface area is 166 Å². The lowest BCUT2D eigenvalue weighted by Gasteiger charge is -2.29. The van der Waals surface area contributed by atoms with Gasteiger partial charge < -0.3 is 20.4 Å². The minimum absolute atomic E-state index is 0.0321. The van der Waals surface area contributed by atoms with Crippen LogP contribution in [0.3, 0.4) is 0 Å². The van der Waals surface area contributed by atoms with E-state index in [0.717, 1.165) is 44.1 Å². The van der Waals surface area contributed by atoms with Gasteiger partial charge in [-0.3, -0.25) is 9.59 Å². The van der Waals surface area contributed by atoms with E-state index in [0.29, 0.717) is 6.54 Å². The first-order chi connectivity index (χ1) is 13.5. The number of amides is 2. The molecule has 0 radical (unpaired) electrons. The Kier molecular flexibility index (Phi) is 6.79. The van der Waals surface area contributed by atoms with E-state index < -0.39 is 0 Å². The van der Waals surface area contributed by atoms with Gasteiger partial charge in [-0.05, 0) is 36.8 Å². The molecule has 0 spiro atoms. The molecule has 0 aliphatic carbocycles. The van der Waals surface area contributed by atoms with Crippen LogP contribution >= 0.6 is 0 Å². The SMILES string of the molecule is CC(=O)Nc1ccc(NC(=O)C[NH+]2CC[NH+](Cc3ccccc3C)CC2)cc1. The molecule has 3 rings (SSSR count). The van der Waals surface area contributed by atoms with Crippen molar-refractivity contribution in [3.8, 4) is 0 Å². The number of quaternary nitrogens is 2. The van der Waals surface area contributed by atoms with Crippen LogP contribution < -0.4 is 20.4 Å². The van der Waals surface area contributed by atoms with Gasteiger partial charge in [-0.2, -0.15) is 0 Å². The van der Waals surface area contributed by atoms with Gasteiger partial charge in [-0.25, -0.2) is 0 Å². The summed E-state index contributed by atoms with van der Waals surface area (Å²) in [6.45, 7) is 9.39. The van der Waals surface area contributed by atoms with Crippen molar-refractivity contribution in [2.45, 2.75) is 20.4 Å². The summed E-state index contributed by atoms with van der Waals surface area (Å²) >= 11 is 0. The van der Waals surface area contributed by atoms with Gasteiger partial charge in [-0.15, -0.1) is 0 Å². The number of anilines is 2. The van der Waals surface area contributed by atoms with Gasteiger partial charge in [-0.1, -0.05) is 24.3 Å². The van der Waals surface area contributed by atoms with E-state index in [-0.39, 0.29) is 11.8 Å². The van der Waals surface area contributed by atoms with Gasteiger partial charge in [0.15, 0.2) is 6.54 Å². The third kappa shape index (κ3) is 5.90. The van der Waals surface area contributed by atoms with Gasteiger partial charge >= 0.3 is 0 Å². The maximum absolute atomic E-state index is 12.4. The van der Waals surface area contributed by atoms with Crippen molar-refractivity contribution < 1.29 is 19.4 Å². The second-order valence-corrected chi connectivity index (χ2v) is 7.59. The molecule has 2 amide bonds. The Morgan fingerprint density at radius 2 is 1.43 bits per heavy atom. The number of aryl methyl sites for hydroxylation is 1. The lowest BCUT2D eigenvalue weighted by molar-refractivity contribution is -1.02. The molecule has 1 fully saturated rings. The predicted octanol–water partition coefficient (Wildman–Crippen LogP) is -0.124. The third-order valence-electron chi connectivity index (χ3n) is 5.27. The van der Waals surface area contributed by atoms with E-state index in [1.165, 1.54) is 23.0 Å². The van der Waals surface area contributed by atoms with Gasteiger partial charge in [0.05, 0.1) is 0 Å². The molecule has 1 aliphatic heterocycles. The predicted molar refractivity (Wildman–Crippen MR) is 111 cm³/mol. The fraction of sp³-hybridized carbons (Fsp3) is 0.364. The molecule has 0 atom stereocenters. The van der Waals surface area contributed by atoms with Crippen LogP contribution in [0.2, 0.25) is 0 Å². The summed E-state index contributed by atoms with van der Waals surface area (Å²) in [7, 11) is 0. The molecule has 4 N–H and O–H groups in total. The van der Waals surface area contributed by atoms with Crippen LogP contribution in [0.15, 0.2) is 48.5 Å². The Bertz CT molecular complexity index is 812. The van der Waals surface area contributed by atoms with E-state index in [2.05, 4.69) is 41.8 Å². The number of hydrogen-bond acceptors (Lipinski definition) is 2. The Hall–Kier alpha value is -2.70. The zero-order valence-electron chi connectivity index (χ0n) is 16.7. The summed E-state index contributed by atoms with van der Waals surface area (Å²) in [6, 6.07) is 15.8. The van der Waals surface area contributed by atoms with Crippen LogP contribution in [0.25, 0.3) is 0 Å². The topological polar surface area (TPSA) is 67.1 Å². The van der Waals surface area contributed by atoms with Crippen LogP contribution in [-0.4, -0.2) is 44.5 Å². The first-order valence-electron chi connectivity index (χ1n) is 9.89. The summed E-state index contributed by atoms with van der Waals surface area (Å²) in [6.07, 6.45) is 0. The Morgan fingerprint density at radius 3 is 2.04 bits per heavy atom. The summed E-state index contributed by atoms with van der Waals surface area (Å²) in [5, 5.41) is 5.67. The van der Waals surface area contributed by atoms with Crippen molar-refractivity contribution in [1.82, 2.24) is 0 Å². The van der Waals surface area contributed by atoms with Gasteiger partial charge in [0, 0.05) is 23.9 Å². The molecular formula is C22H30N4O2+2. The number of carbonyl (C=O) groups excluding carboxylic acids is 2. The van der Waals surface area contributed by atoms with Crippen LogP contribution in [0.5, 0.6) is 0 Å². The quantitative estimate of drug-likeness (QED) is 0.563. The highest BCUT2D eigenvalue weighted by atomic mass is 16.2. The van der Waals surface area contributed by atoms with E-state index >= 15 is 0 Å². The summed E-state index contributed by atoms with van der Waals surface area (Å²) < 4.78 is 0. The number of nitrogens with one attached hydrogen (secondary N) is 4. The van der Waals surface area contributed by atoms with Crippen molar-refractivity contribution in [3.05, 3.63) is 59.7 Å². The second-order valence-electron chi connectivity index (χ2n) is 7.59. The normalized spacial score (nSPS) is 19.1. The number of piperazine rings is 1. The lowest BCUT2D eigenvalue weighted by Crippen LogP contribution is -3.28. The zero-order valence-corrected chi connectivity index (χ0v) is 16.7. The highest BCUT2D eigenvalue weighted by Gasteiger charge is 2.25. The number of benzene rings is 2. The van der Waals surface area contributed by atoms with Crippen molar-refractivity contribution in [2.24, 2.45) is 0 Å². The number of rotatable bonds is 6. The van der Waals surface area contributed by atoms with E-state index in [4.69, 9.17) is 0 Å². The molecule has 148 valence electrons. The van der Waals surface area contributed by atoms with Crippen LogP contribution in [0.4, 0.5) is 11.4 Å². The van der Waals surface area contributed by atoms with Crippen molar-refractivity contribution in [1.29, 1.82) is 0 Å². The molecule has 6 nitrogen and oxygen atoms in total. The van der Waals surface area contributed by atoms with Gasteiger partial charge in [0.2, 0.25) is 5.91 Å². The number of hydrogen-bond donors (Lipinski definition) is 4. The molecular weight excluding hydrogens is 352 g/mol. The Morgan fingerprint density at radius 1 is 0.857 bits per heavy atom. The van der Waals surface area contributed by atoms with E-state index in [1.807, 2.05) is 12.1 Å². The summed E-state index contributed by atoms with van der Waals surface area (Å²) in [5.41, 5.74) is 4.25. The molecule has 2 aromatic carbocycles. The average Bonchev–Trinajstić information content (AvgIpc) is 2.66. The average molecular weight is 383 g/mol. The molecule has 28 heavy (non-hydrogen) atoms. The standard InChI is InChI=1S/C22H28N4O2/c1-17-5-3-4-6-19(17)15-25-11-13-26(14-12-25)16-22(28)24-21-9-7-20(8-10-21)23-18(2)27/h3-10H,11-16H2,1-2H3,(H,23,27)(H,24,28)/p+2. The minimum Gasteiger partial charge on any atom is -0.326 e. The fourth-order valence-corrected chi connectivity index (χ4v) is 3.66. The fourth-order valence-electron chi connectivity index (χ4n) is 3.66. The monoisotopic (exact) mass is 382 g/mol. The van der Waals surface area contributed by atoms with Gasteiger partial charge in [0.1, 0.15) is 32.7 Å². The number of carbonyl (C=O) groups is 2. The molecule has 1 heterocycles. The molecule has 0 unspecified atom stereocenters. The zero-order chi connectivity index (χ0) is 19.9. The first-order valence-corrected chi connectivity index (χ1v) is 9.89. The van der Waals surface area contributed by atoms with Gasteiger partial charge in [0.25, 0.3) is 5.91 Å². The molecule has 0 aromatic heterocycles. The highest BCUT2D eigenvalue weighted by Crippen LogP contribution is 2.13. The largest absolute Gasteiger partial charge is 0.326 e. The second kappa shape index (κ2) is 9.48. The van der Waals surface area contributed by atoms with E-state index in [9.17, 15) is 9.59 Å². The van der Waals surface area contributed by atoms with Crippen LogP contribution in [-0.2, 0) is 16.1 Å². The molecule has 1 saturated heterocycles. The van der Waals surface area contributed by atoms with Crippen molar-refractivity contribution >= 4 is 23.2 Å². The molecule has 6 heteroatoms. The maximum Gasteiger partial charge on any atom is 0.279 e. The summed E-state index contributed by atoms with van der Waals surface area (Å²) in [5.74, 6) is -0.0753. The maximum atomic E-state index is 12.4. The smallest absolute Gasteiger partial charge is 0.279 e. The first kappa shape index (κ1) is 20.0. The Balaban J connectivity index is 1.42. The molecule has 0 saturated carbocycles. The minimum atomic E-state index is -0.107. The highest BCUT2D eigenvalue weighted by molar-refractivity contribution is 5.92. The van der Waals surface area contributed by atoms with Crippen LogP contribution in [0, 0.1) is 6.92 Å². The van der Waals surface area contributed by atoms with E-state index in [1.54, 1.807) is 17.0 Å². The van der Waals surface area contributed by atoms with Crippen molar-refractivity contribution in [3.63, 3.8) is 0 Å². The third-order valence-corrected chi connectivity index (χ3v) is 5.27. The van der Waals surface area contributed by atoms with Crippen LogP contribution in [0.1, 0.15) is 18.1 Å². The molecule has 0 bridgehead atoms. The molecule has 1 aliphatic rings.